The van der Waals surface area contributed by atoms with Crippen LogP contribution in [0.2, 0.25) is 0 Å². The first-order valence-electron chi connectivity index (χ1n) is 7.50. The number of rotatable bonds is 2. The summed E-state index contributed by atoms with van der Waals surface area (Å²) >= 11 is 3.30. The minimum atomic E-state index is -0.479. The van der Waals surface area contributed by atoms with Crippen molar-refractivity contribution in [3.8, 4) is 0 Å². The van der Waals surface area contributed by atoms with Gasteiger partial charge in [-0.2, -0.15) is 0 Å². The predicted octanol–water partition coefficient (Wildman–Crippen LogP) is 3.18. The molecule has 2 rings (SSSR count). The maximum Gasteiger partial charge on any atom is 0.410 e. The lowest BCUT2D eigenvalue weighted by molar-refractivity contribution is 0.0287. The number of pyridine rings is 1. The molecule has 1 atom stereocenters. The number of halogens is 1. The molecule has 1 saturated heterocycles. The number of amides is 1. The molecule has 5 nitrogen and oxygen atoms in total. The van der Waals surface area contributed by atoms with Crippen LogP contribution in [-0.4, -0.2) is 34.3 Å². The number of nitrogens with zero attached hydrogens (tertiary/aromatic N) is 2. The van der Waals surface area contributed by atoms with Gasteiger partial charge in [-0.05, 0) is 67.6 Å². The third kappa shape index (κ3) is 4.35. The summed E-state index contributed by atoms with van der Waals surface area (Å²) in [5.74, 6) is 0.277. The van der Waals surface area contributed by atoms with E-state index in [9.17, 15) is 9.59 Å². The standard InChI is InChI=1S/C16H23BrN2O3/c1-11-7-13(17)14(20)19(8-11)10-12-5-6-18(9-12)15(21)22-16(2,3)4/h7-8,12H,5-6,9-10H2,1-4H3. The van der Waals surface area contributed by atoms with Crippen molar-refractivity contribution in [2.75, 3.05) is 13.1 Å². The quantitative estimate of drug-likeness (QED) is 0.803. The molecular formula is C16H23BrN2O3. The Morgan fingerprint density at radius 3 is 2.77 bits per heavy atom. The highest BCUT2D eigenvalue weighted by Gasteiger charge is 2.30. The van der Waals surface area contributed by atoms with Crippen molar-refractivity contribution in [2.24, 2.45) is 5.92 Å². The fraction of sp³-hybridized carbons (Fsp3) is 0.625. The van der Waals surface area contributed by atoms with Gasteiger partial charge in [0.25, 0.3) is 5.56 Å². The maximum atomic E-state index is 12.1. The van der Waals surface area contributed by atoms with Crippen molar-refractivity contribution in [1.29, 1.82) is 0 Å². The number of carbonyl (C=O) groups is 1. The van der Waals surface area contributed by atoms with Crippen LogP contribution in [0.5, 0.6) is 0 Å². The van der Waals surface area contributed by atoms with Gasteiger partial charge in [0.1, 0.15) is 5.60 Å². The molecule has 22 heavy (non-hydrogen) atoms. The lowest BCUT2D eigenvalue weighted by atomic mass is 10.1. The van der Waals surface area contributed by atoms with Crippen LogP contribution in [0.3, 0.4) is 0 Å². The number of hydrogen-bond donors (Lipinski definition) is 0. The predicted molar refractivity (Wildman–Crippen MR) is 89.1 cm³/mol. The van der Waals surface area contributed by atoms with Crippen molar-refractivity contribution < 1.29 is 9.53 Å². The molecule has 1 aliphatic rings. The first-order valence-corrected chi connectivity index (χ1v) is 8.29. The molecule has 1 amide bonds. The lowest BCUT2D eigenvalue weighted by Crippen LogP contribution is -2.35. The number of hydrogen-bond acceptors (Lipinski definition) is 3. The second-order valence-corrected chi connectivity index (χ2v) is 7.76. The second kappa shape index (κ2) is 6.44. The third-order valence-electron chi connectivity index (χ3n) is 3.57. The molecule has 1 aromatic rings. The summed E-state index contributed by atoms with van der Waals surface area (Å²) in [5.41, 5.74) is 0.530. The molecule has 0 N–H and O–H groups in total. The third-order valence-corrected chi connectivity index (χ3v) is 4.14. The average molecular weight is 371 g/mol. The Balaban J connectivity index is 2.00. The fourth-order valence-corrected chi connectivity index (χ4v) is 3.22. The lowest BCUT2D eigenvalue weighted by Gasteiger charge is -2.24. The van der Waals surface area contributed by atoms with Gasteiger partial charge < -0.3 is 14.2 Å². The summed E-state index contributed by atoms with van der Waals surface area (Å²) in [4.78, 5) is 25.9. The summed E-state index contributed by atoms with van der Waals surface area (Å²) < 4.78 is 7.70. The van der Waals surface area contributed by atoms with Crippen LogP contribution < -0.4 is 5.56 Å². The van der Waals surface area contributed by atoms with E-state index >= 15 is 0 Å². The van der Waals surface area contributed by atoms with Gasteiger partial charge in [0.2, 0.25) is 0 Å². The number of aromatic nitrogens is 1. The van der Waals surface area contributed by atoms with Crippen LogP contribution in [-0.2, 0) is 11.3 Å². The minimum Gasteiger partial charge on any atom is -0.444 e. The fourth-order valence-electron chi connectivity index (χ4n) is 2.63. The SMILES string of the molecule is Cc1cc(Br)c(=O)n(CC2CCN(C(=O)OC(C)(C)C)C2)c1. The highest BCUT2D eigenvalue weighted by Crippen LogP contribution is 2.21. The monoisotopic (exact) mass is 370 g/mol. The largest absolute Gasteiger partial charge is 0.444 e. The molecule has 1 aliphatic heterocycles. The van der Waals surface area contributed by atoms with Gasteiger partial charge in [-0.25, -0.2) is 4.79 Å². The average Bonchev–Trinajstić information content (AvgIpc) is 2.82. The summed E-state index contributed by atoms with van der Waals surface area (Å²) in [6.07, 6.45) is 2.48. The number of ether oxygens (including phenoxy) is 1. The maximum absolute atomic E-state index is 12.1. The van der Waals surface area contributed by atoms with Crippen molar-refractivity contribution in [3.05, 3.63) is 32.7 Å². The van der Waals surface area contributed by atoms with Gasteiger partial charge in [0.15, 0.2) is 0 Å². The van der Waals surface area contributed by atoms with Crippen LogP contribution in [0.4, 0.5) is 4.79 Å². The molecular weight excluding hydrogens is 348 g/mol. The zero-order valence-corrected chi connectivity index (χ0v) is 15.1. The van der Waals surface area contributed by atoms with E-state index in [1.807, 2.05) is 40.0 Å². The second-order valence-electron chi connectivity index (χ2n) is 6.90. The molecule has 6 heteroatoms. The van der Waals surface area contributed by atoms with E-state index in [1.165, 1.54) is 0 Å². The highest BCUT2D eigenvalue weighted by atomic mass is 79.9. The van der Waals surface area contributed by atoms with Crippen molar-refractivity contribution in [1.82, 2.24) is 9.47 Å². The minimum absolute atomic E-state index is 0.0266. The van der Waals surface area contributed by atoms with E-state index in [2.05, 4.69) is 15.9 Å². The molecule has 0 spiro atoms. The number of likely N-dealkylation sites (tertiary alicyclic amines) is 1. The first kappa shape index (κ1) is 17.1. The van der Waals surface area contributed by atoms with Crippen LogP contribution in [0.15, 0.2) is 21.5 Å². The Bertz CT molecular complexity index is 619. The van der Waals surface area contributed by atoms with Crippen LogP contribution >= 0.6 is 15.9 Å². The number of carbonyl (C=O) groups excluding carboxylic acids is 1. The van der Waals surface area contributed by atoms with E-state index in [4.69, 9.17) is 4.74 Å². The highest BCUT2D eigenvalue weighted by molar-refractivity contribution is 9.10. The van der Waals surface area contributed by atoms with Gasteiger partial charge in [-0.1, -0.05) is 0 Å². The van der Waals surface area contributed by atoms with Crippen molar-refractivity contribution in [3.63, 3.8) is 0 Å². The van der Waals surface area contributed by atoms with E-state index in [-0.39, 0.29) is 17.6 Å². The molecule has 122 valence electrons. The topological polar surface area (TPSA) is 51.5 Å². The molecule has 1 unspecified atom stereocenters. The molecule has 0 saturated carbocycles. The van der Waals surface area contributed by atoms with E-state index in [0.717, 1.165) is 12.0 Å². The molecule has 0 radical (unpaired) electrons. The van der Waals surface area contributed by atoms with Gasteiger partial charge >= 0.3 is 6.09 Å². The molecule has 1 aromatic heterocycles. The van der Waals surface area contributed by atoms with Gasteiger partial charge in [0.05, 0.1) is 4.47 Å². The van der Waals surface area contributed by atoms with Gasteiger partial charge in [-0.3, -0.25) is 4.79 Å². The Morgan fingerprint density at radius 2 is 2.14 bits per heavy atom. The molecule has 1 fully saturated rings. The zero-order chi connectivity index (χ0) is 16.5. The molecule has 2 heterocycles. The Labute approximate surface area is 139 Å². The van der Waals surface area contributed by atoms with Crippen LogP contribution in [0.25, 0.3) is 0 Å². The molecule has 0 aromatic carbocycles. The summed E-state index contributed by atoms with van der Waals surface area (Å²) in [6.45, 7) is 9.49. The first-order chi connectivity index (χ1) is 10.2. The summed E-state index contributed by atoms with van der Waals surface area (Å²) in [5, 5.41) is 0. The number of aryl methyl sites for hydroxylation is 1. The zero-order valence-electron chi connectivity index (χ0n) is 13.6. The van der Waals surface area contributed by atoms with Crippen LogP contribution in [0, 0.1) is 12.8 Å². The van der Waals surface area contributed by atoms with E-state index < -0.39 is 5.60 Å². The molecule has 0 aliphatic carbocycles. The van der Waals surface area contributed by atoms with Crippen molar-refractivity contribution >= 4 is 22.0 Å². The Hall–Kier alpha value is -1.30. The van der Waals surface area contributed by atoms with Crippen LogP contribution in [0.1, 0.15) is 32.8 Å². The molecule has 0 bridgehead atoms. The summed E-state index contributed by atoms with van der Waals surface area (Å²) in [6, 6.07) is 1.82. The van der Waals surface area contributed by atoms with Crippen molar-refractivity contribution in [2.45, 2.75) is 46.3 Å². The van der Waals surface area contributed by atoms with Gasteiger partial charge in [-0.15, -0.1) is 0 Å². The smallest absolute Gasteiger partial charge is 0.410 e. The Kier molecular flexibility index (Phi) is 5.00. The normalized spacial score (nSPS) is 18.6. The van der Waals surface area contributed by atoms with E-state index in [1.54, 1.807) is 9.47 Å². The van der Waals surface area contributed by atoms with E-state index in [0.29, 0.717) is 24.1 Å². The summed E-state index contributed by atoms with van der Waals surface area (Å²) in [7, 11) is 0. The van der Waals surface area contributed by atoms with Gasteiger partial charge in [0, 0.05) is 25.8 Å². The Morgan fingerprint density at radius 1 is 1.45 bits per heavy atom.